The number of aromatic nitrogens is 4. The number of carbonyl (C=O) groups excluding carboxylic acids is 1. The molecule has 1 aromatic carbocycles. The number of alkyl halides is 1. The van der Waals surface area contributed by atoms with Gasteiger partial charge in [-0.25, -0.2) is 9.07 Å². The van der Waals surface area contributed by atoms with Crippen LogP contribution in [0.1, 0.15) is 61.2 Å². The monoisotopic (exact) mass is 556 g/mol. The number of aromatic amines is 1. The number of aryl methyl sites for hydroxylation is 2. The van der Waals surface area contributed by atoms with Crippen molar-refractivity contribution in [3.63, 3.8) is 0 Å². The molecule has 0 atom stereocenters. The molecule has 2 aliphatic carbocycles. The van der Waals surface area contributed by atoms with Gasteiger partial charge in [-0.1, -0.05) is 23.7 Å². The number of carbonyl (C=O) groups is 1. The number of piperidine rings is 1. The van der Waals surface area contributed by atoms with Crippen molar-refractivity contribution in [2.45, 2.75) is 62.6 Å². The molecule has 3 N–H and O–H groups in total. The van der Waals surface area contributed by atoms with Gasteiger partial charge in [0, 0.05) is 23.7 Å². The van der Waals surface area contributed by atoms with E-state index in [1.165, 1.54) is 4.68 Å². The lowest BCUT2D eigenvalue weighted by Gasteiger charge is -2.34. The van der Waals surface area contributed by atoms with Crippen LogP contribution in [0.4, 0.5) is 10.1 Å². The van der Waals surface area contributed by atoms with E-state index in [4.69, 9.17) is 21.4 Å². The van der Waals surface area contributed by atoms with E-state index in [0.29, 0.717) is 49.6 Å². The molecule has 1 amide bonds. The molecule has 3 heterocycles. The number of hydrogen-bond donors (Lipinski definition) is 3. The molecule has 39 heavy (non-hydrogen) atoms. The summed E-state index contributed by atoms with van der Waals surface area (Å²) < 4.78 is 23.1. The number of halogens is 2. The van der Waals surface area contributed by atoms with Crippen molar-refractivity contribution in [3.05, 3.63) is 62.3 Å². The van der Waals surface area contributed by atoms with E-state index >= 15 is 0 Å². The summed E-state index contributed by atoms with van der Waals surface area (Å²) in [5, 5.41) is 14.7. The number of nitrogens with zero attached hydrogens (tertiary/aromatic N) is 3. The third kappa shape index (κ3) is 5.05. The fourth-order valence-electron chi connectivity index (χ4n) is 6.15. The quantitative estimate of drug-likeness (QED) is 0.521. The van der Waals surface area contributed by atoms with E-state index in [1.807, 2.05) is 17.8 Å². The fourth-order valence-corrected chi connectivity index (χ4v) is 6.38. The lowest BCUT2D eigenvalue weighted by atomic mass is 9.75. The first kappa shape index (κ1) is 26.3. The van der Waals surface area contributed by atoms with Gasteiger partial charge in [-0.2, -0.15) is 0 Å². The van der Waals surface area contributed by atoms with Gasteiger partial charge in [0.1, 0.15) is 12.2 Å². The summed E-state index contributed by atoms with van der Waals surface area (Å²) in [6.45, 7) is 2.43. The Morgan fingerprint density at radius 1 is 1.21 bits per heavy atom. The van der Waals surface area contributed by atoms with Gasteiger partial charge in [-0.15, -0.1) is 5.10 Å². The first-order chi connectivity index (χ1) is 18.8. The summed E-state index contributed by atoms with van der Waals surface area (Å²) in [4.78, 5) is 27.5. The first-order valence-electron chi connectivity index (χ1n) is 13.7. The molecule has 208 valence electrons. The van der Waals surface area contributed by atoms with E-state index in [2.05, 4.69) is 15.7 Å². The highest BCUT2D eigenvalue weighted by Gasteiger charge is 2.45. The largest absolute Gasteiger partial charge is 0.377 e. The Bertz CT molecular complexity index is 1450. The van der Waals surface area contributed by atoms with E-state index in [0.717, 1.165) is 55.6 Å². The topological polar surface area (TPSA) is 106 Å². The lowest BCUT2D eigenvalue weighted by molar-refractivity contribution is -0.117. The minimum absolute atomic E-state index is 0.241. The number of fused-ring (bicyclic) bond motifs is 2. The lowest BCUT2D eigenvalue weighted by Crippen LogP contribution is -2.43. The second-order valence-corrected chi connectivity index (χ2v) is 11.5. The van der Waals surface area contributed by atoms with E-state index < -0.39 is 11.6 Å². The number of anilines is 1. The molecule has 2 aliphatic heterocycles. The smallest absolute Gasteiger partial charge is 0.272 e. The van der Waals surface area contributed by atoms with Gasteiger partial charge < -0.3 is 20.5 Å². The molecule has 1 aromatic heterocycles. The maximum atomic E-state index is 14.5. The number of ether oxygens (including phenoxy) is 1. The number of H-pyrrole nitrogens is 1. The summed E-state index contributed by atoms with van der Waals surface area (Å²) in [5.41, 5.74) is 1.67. The van der Waals surface area contributed by atoms with Crippen molar-refractivity contribution in [2.24, 2.45) is 7.05 Å². The third-order valence-corrected chi connectivity index (χ3v) is 8.84. The molecule has 0 radical (unpaired) electrons. The number of hydrogen-bond acceptors (Lipinski definition) is 5. The third-order valence-electron chi connectivity index (χ3n) is 8.52. The van der Waals surface area contributed by atoms with Gasteiger partial charge in [0.05, 0.1) is 23.9 Å². The van der Waals surface area contributed by atoms with Crippen LogP contribution in [-0.4, -0.2) is 51.8 Å². The van der Waals surface area contributed by atoms with Gasteiger partial charge in [-0.05, 0) is 81.3 Å². The standard InChI is InChI=1S/C28H34ClFN6O3/c1-35-25(18-5-14-39-15-6-18)34-36(26(38)24-22(33-35)4-7-27(24)10-12-31-13-11-27)17-23(37)32-21-3-2-19(16-20(21)29)28(30)8-9-28/h2-3,5,16,31,33H,4,6-15,17H2,1H3,(H,32,37). The predicted molar refractivity (Wildman–Crippen MR) is 147 cm³/mol. The second kappa shape index (κ2) is 10.2. The molecular formula is C28H34ClFN6O3. The van der Waals surface area contributed by atoms with Crippen LogP contribution in [0.25, 0.3) is 5.57 Å². The summed E-state index contributed by atoms with van der Waals surface area (Å²) in [6, 6.07) is 4.84. The Morgan fingerprint density at radius 2 is 2.00 bits per heavy atom. The zero-order valence-corrected chi connectivity index (χ0v) is 22.9. The molecule has 0 bridgehead atoms. The maximum Gasteiger partial charge on any atom is 0.272 e. The molecule has 1 saturated heterocycles. The first-order valence-corrected chi connectivity index (χ1v) is 14.1. The molecule has 0 unspecified atom stereocenters. The van der Waals surface area contributed by atoms with E-state index in [1.54, 1.807) is 18.2 Å². The van der Waals surface area contributed by atoms with Crippen LogP contribution in [0.3, 0.4) is 0 Å². The molecule has 2 aromatic rings. The van der Waals surface area contributed by atoms with Crippen molar-refractivity contribution in [1.82, 2.24) is 24.9 Å². The van der Waals surface area contributed by atoms with Crippen molar-refractivity contribution >= 4 is 28.8 Å². The molecule has 6 rings (SSSR count). The van der Waals surface area contributed by atoms with Gasteiger partial charge in [0.15, 0.2) is 5.82 Å². The Kier molecular flexibility index (Phi) is 6.89. The molecule has 1 saturated carbocycles. The number of rotatable bonds is 5. The van der Waals surface area contributed by atoms with Crippen LogP contribution in [0.15, 0.2) is 29.1 Å². The summed E-state index contributed by atoms with van der Waals surface area (Å²) >= 11 is 6.40. The maximum absolute atomic E-state index is 14.5. The highest BCUT2D eigenvalue weighted by Crippen LogP contribution is 2.50. The average Bonchev–Trinajstić information content (AvgIpc) is 3.60. The van der Waals surface area contributed by atoms with Crippen molar-refractivity contribution in [2.75, 3.05) is 31.6 Å². The molecule has 4 aliphatic rings. The van der Waals surface area contributed by atoms with Crippen molar-refractivity contribution in [1.29, 1.82) is 0 Å². The van der Waals surface area contributed by atoms with Gasteiger partial charge >= 0.3 is 0 Å². The zero-order valence-electron chi connectivity index (χ0n) is 22.1. The van der Waals surface area contributed by atoms with Crippen LogP contribution in [0, 0.1) is 0 Å². The minimum Gasteiger partial charge on any atom is -0.377 e. The summed E-state index contributed by atoms with van der Waals surface area (Å²) in [7, 11) is 1.89. The Hall–Kier alpha value is -2.95. The van der Waals surface area contributed by atoms with Crippen molar-refractivity contribution in [3.8, 4) is 0 Å². The van der Waals surface area contributed by atoms with Crippen LogP contribution >= 0.6 is 11.6 Å². The van der Waals surface area contributed by atoms with Crippen LogP contribution in [0.5, 0.6) is 0 Å². The fraction of sp³-hybridized carbons (Fsp3) is 0.536. The van der Waals surface area contributed by atoms with Crippen LogP contribution in [0.2, 0.25) is 5.02 Å². The summed E-state index contributed by atoms with van der Waals surface area (Å²) in [6.07, 6.45) is 6.94. The molecule has 9 nitrogen and oxygen atoms in total. The van der Waals surface area contributed by atoms with Crippen LogP contribution in [-0.2, 0) is 40.6 Å². The number of nitrogens with one attached hydrogen (secondary N) is 3. The number of amides is 1. The zero-order chi connectivity index (χ0) is 27.2. The van der Waals surface area contributed by atoms with E-state index in [-0.39, 0.29) is 22.5 Å². The van der Waals surface area contributed by atoms with E-state index in [9.17, 15) is 14.0 Å². The van der Waals surface area contributed by atoms with Gasteiger partial charge in [-0.3, -0.25) is 14.3 Å². The average molecular weight is 557 g/mol. The van der Waals surface area contributed by atoms with Crippen molar-refractivity contribution < 1.29 is 13.9 Å². The normalized spacial score (nSPS) is 20.7. The Balaban J connectivity index is 1.40. The molecular weight excluding hydrogens is 523 g/mol. The molecule has 11 heteroatoms. The van der Waals surface area contributed by atoms with Crippen LogP contribution < -0.4 is 16.2 Å². The SMILES string of the molecule is Cn1[nH]c2c(c(=O)n(CC(=O)Nc3ccc(C4(F)CC4)cc3Cl)nc1C1=CCOCC1)C1(CCNCC1)CC2. The Morgan fingerprint density at radius 3 is 2.69 bits per heavy atom. The summed E-state index contributed by atoms with van der Waals surface area (Å²) in [5.74, 6) is 0.149. The minimum atomic E-state index is -1.31. The number of benzene rings is 1. The van der Waals surface area contributed by atoms with Gasteiger partial charge in [0.2, 0.25) is 5.91 Å². The predicted octanol–water partition coefficient (Wildman–Crippen LogP) is 3.66. The molecule has 2 fully saturated rings. The highest BCUT2D eigenvalue weighted by molar-refractivity contribution is 6.33. The second-order valence-electron chi connectivity index (χ2n) is 11.1. The molecule has 1 spiro atoms. The van der Waals surface area contributed by atoms with Gasteiger partial charge in [0.25, 0.3) is 5.56 Å². The Labute approximate surface area is 231 Å². The highest BCUT2D eigenvalue weighted by atomic mass is 35.5.